The molecule has 3 aliphatic rings. The molecule has 2 atom stereocenters. The van der Waals surface area contributed by atoms with Gasteiger partial charge in [-0.15, -0.1) is 0 Å². The number of aryl methyl sites for hydroxylation is 2. The molecule has 2 heterocycles. The highest BCUT2D eigenvalue weighted by atomic mass is 16.6. The largest absolute Gasteiger partial charge is 0.485 e. The number of nitrogens with one attached hydrogen (secondary N) is 1. The number of para-hydroxylation sites is 2. The summed E-state index contributed by atoms with van der Waals surface area (Å²) in [5.74, 6) is 1.20. The third kappa shape index (κ3) is 4.17. The van der Waals surface area contributed by atoms with Gasteiger partial charge < -0.3 is 19.7 Å². The van der Waals surface area contributed by atoms with Gasteiger partial charge >= 0.3 is 0 Å². The minimum Gasteiger partial charge on any atom is -0.485 e. The average Bonchev–Trinajstić information content (AvgIpc) is 3.31. The Morgan fingerprint density at radius 1 is 1.00 bits per heavy atom. The lowest BCUT2D eigenvalue weighted by Gasteiger charge is -2.39. The predicted molar refractivity (Wildman–Crippen MR) is 121 cm³/mol. The Kier molecular flexibility index (Phi) is 5.74. The van der Waals surface area contributed by atoms with Gasteiger partial charge in [-0.3, -0.25) is 14.5 Å². The first-order chi connectivity index (χ1) is 15.6. The molecule has 2 aromatic carbocycles. The first-order valence-electron chi connectivity index (χ1n) is 11.4. The lowest BCUT2D eigenvalue weighted by molar-refractivity contribution is -0.143. The molecule has 1 N–H and O–H groups in total. The highest BCUT2D eigenvalue weighted by molar-refractivity contribution is 5.94. The zero-order valence-corrected chi connectivity index (χ0v) is 18.4. The molecule has 0 spiro atoms. The van der Waals surface area contributed by atoms with E-state index in [1.54, 1.807) is 0 Å². The van der Waals surface area contributed by atoms with Gasteiger partial charge in [-0.25, -0.2) is 0 Å². The minimum absolute atomic E-state index is 0.0108. The van der Waals surface area contributed by atoms with Crippen LogP contribution >= 0.6 is 0 Å². The van der Waals surface area contributed by atoms with Crippen LogP contribution in [0.25, 0.3) is 0 Å². The van der Waals surface area contributed by atoms with Crippen molar-refractivity contribution in [3.8, 4) is 11.5 Å². The van der Waals surface area contributed by atoms with Gasteiger partial charge in [0.1, 0.15) is 6.61 Å². The van der Waals surface area contributed by atoms with Crippen LogP contribution in [0, 0.1) is 0 Å². The first-order valence-corrected chi connectivity index (χ1v) is 11.4. The van der Waals surface area contributed by atoms with E-state index in [1.165, 1.54) is 17.5 Å². The van der Waals surface area contributed by atoms with Crippen LogP contribution in [0.1, 0.15) is 24.5 Å². The number of rotatable bonds is 4. The summed E-state index contributed by atoms with van der Waals surface area (Å²) >= 11 is 0. The number of nitrogens with zero attached hydrogens (tertiary/aromatic N) is 2. The molecule has 2 aliphatic heterocycles. The molecule has 2 amide bonds. The molecule has 32 heavy (non-hydrogen) atoms. The second-order valence-corrected chi connectivity index (χ2v) is 8.73. The van der Waals surface area contributed by atoms with E-state index in [1.807, 2.05) is 42.2 Å². The second-order valence-electron chi connectivity index (χ2n) is 8.73. The SMILES string of the molecule is C[C@@H](C(=O)Nc1ccc2c(c1)CCC2)N1CCN(C(=O)[C@H]2COc3ccccc3O2)CC1. The molecule has 5 rings (SSSR count). The summed E-state index contributed by atoms with van der Waals surface area (Å²) in [6.45, 7) is 4.57. The van der Waals surface area contributed by atoms with Crippen molar-refractivity contribution < 1.29 is 19.1 Å². The maximum atomic E-state index is 12.9. The maximum absolute atomic E-state index is 12.9. The highest BCUT2D eigenvalue weighted by Gasteiger charge is 2.34. The van der Waals surface area contributed by atoms with Crippen LogP contribution in [-0.2, 0) is 22.4 Å². The van der Waals surface area contributed by atoms with Crippen molar-refractivity contribution in [2.75, 3.05) is 38.1 Å². The van der Waals surface area contributed by atoms with E-state index in [2.05, 4.69) is 22.3 Å². The van der Waals surface area contributed by atoms with E-state index < -0.39 is 6.10 Å². The minimum atomic E-state index is -0.628. The van der Waals surface area contributed by atoms with Gasteiger partial charge in [-0.2, -0.15) is 0 Å². The predicted octanol–water partition coefficient (Wildman–Crippen LogP) is 2.49. The van der Waals surface area contributed by atoms with Crippen molar-refractivity contribution in [1.29, 1.82) is 0 Å². The number of amides is 2. The Morgan fingerprint density at radius 2 is 1.75 bits per heavy atom. The van der Waals surface area contributed by atoms with Gasteiger partial charge in [0.05, 0.1) is 6.04 Å². The quantitative estimate of drug-likeness (QED) is 0.799. The molecular weight excluding hydrogens is 406 g/mol. The molecule has 7 nitrogen and oxygen atoms in total. The second kappa shape index (κ2) is 8.82. The van der Waals surface area contributed by atoms with E-state index in [4.69, 9.17) is 9.47 Å². The van der Waals surface area contributed by atoms with Crippen LogP contribution in [-0.4, -0.2) is 66.5 Å². The lowest BCUT2D eigenvalue weighted by atomic mass is 10.1. The molecule has 1 aliphatic carbocycles. The van der Waals surface area contributed by atoms with Gasteiger partial charge in [0.25, 0.3) is 5.91 Å². The smallest absolute Gasteiger partial charge is 0.267 e. The van der Waals surface area contributed by atoms with E-state index in [0.717, 1.165) is 18.5 Å². The Morgan fingerprint density at radius 3 is 2.56 bits per heavy atom. The molecule has 0 unspecified atom stereocenters. The molecule has 0 bridgehead atoms. The molecule has 0 aromatic heterocycles. The molecule has 1 fully saturated rings. The van der Waals surface area contributed by atoms with Gasteiger partial charge in [-0.1, -0.05) is 18.2 Å². The Bertz CT molecular complexity index is 1020. The van der Waals surface area contributed by atoms with Crippen LogP contribution < -0.4 is 14.8 Å². The van der Waals surface area contributed by atoms with Crippen molar-refractivity contribution in [2.24, 2.45) is 0 Å². The van der Waals surface area contributed by atoms with E-state index in [-0.39, 0.29) is 24.5 Å². The van der Waals surface area contributed by atoms with Crippen LogP contribution in [0.2, 0.25) is 0 Å². The zero-order valence-electron chi connectivity index (χ0n) is 18.4. The van der Waals surface area contributed by atoms with Crippen molar-refractivity contribution in [1.82, 2.24) is 9.80 Å². The molecule has 7 heteroatoms. The molecule has 0 radical (unpaired) electrons. The number of piperazine rings is 1. The monoisotopic (exact) mass is 435 g/mol. The number of carbonyl (C=O) groups excluding carboxylic acids is 2. The summed E-state index contributed by atoms with van der Waals surface area (Å²) in [6.07, 6.45) is 2.78. The molecular formula is C25H29N3O4. The van der Waals surface area contributed by atoms with Crippen LogP contribution in [0.15, 0.2) is 42.5 Å². The fraction of sp³-hybridized carbons (Fsp3) is 0.440. The van der Waals surface area contributed by atoms with Crippen molar-refractivity contribution in [2.45, 2.75) is 38.3 Å². The van der Waals surface area contributed by atoms with Gasteiger partial charge in [0, 0.05) is 31.9 Å². The topological polar surface area (TPSA) is 71.1 Å². The third-order valence-electron chi connectivity index (χ3n) is 6.70. The zero-order chi connectivity index (χ0) is 22.1. The van der Waals surface area contributed by atoms with Gasteiger partial charge in [-0.05, 0) is 61.6 Å². The number of carbonyl (C=O) groups is 2. The molecule has 0 saturated carbocycles. The number of hydrogen-bond donors (Lipinski definition) is 1. The average molecular weight is 436 g/mol. The Hall–Kier alpha value is -3.06. The standard InChI is InChI=1S/C25H29N3O4/c1-17(24(29)26-20-10-9-18-5-4-6-19(18)15-20)27-11-13-28(14-12-27)25(30)23-16-31-21-7-2-3-8-22(21)32-23/h2-3,7-10,15,17,23H,4-6,11-14,16H2,1H3,(H,26,29)/t17-,23+/m0/s1. The van der Waals surface area contributed by atoms with Crippen molar-refractivity contribution in [3.05, 3.63) is 53.6 Å². The van der Waals surface area contributed by atoms with Crippen LogP contribution in [0.4, 0.5) is 5.69 Å². The fourth-order valence-corrected chi connectivity index (χ4v) is 4.74. The van der Waals surface area contributed by atoms with Crippen molar-refractivity contribution in [3.63, 3.8) is 0 Å². The van der Waals surface area contributed by atoms with Gasteiger partial charge in [0.15, 0.2) is 11.5 Å². The Labute approximate surface area is 188 Å². The van der Waals surface area contributed by atoms with E-state index in [0.29, 0.717) is 37.7 Å². The number of ether oxygens (including phenoxy) is 2. The summed E-state index contributed by atoms with van der Waals surface area (Å²) in [4.78, 5) is 29.7. The fourth-order valence-electron chi connectivity index (χ4n) is 4.74. The normalized spacial score (nSPS) is 21.0. The maximum Gasteiger partial charge on any atom is 0.267 e. The Balaban J connectivity index is 1.13. The van der Waals surface area contributed by atoms with Crippen molar-refractivity contribution >= 4 is 17.5 Å². The van der Waals surface area contributed by atoms with E-state index >= 15 is 0 Å². The lowest BCUT2D eigenvalue weighted by Crippen LogP contribution is -2.57. The first kappa shape index (κ1) is 20.8. The number of fused-ring (bicyclic) bond motifs is 2. The summed E-state index contributed by atoms with van der Waals surface area (Å²) in [6, 6.07) is 13.4. The number of hydrogen-bond acceptors (Lipinski definition) is 5. The molecule has 1 saturated heterocycles. The van der Waals surface area contributed by atoms with Crippen LogP contribution in [0.3, 0.4) is 0 Å². The summed E-state index contributed by atoms with van der Waals surface area (Å²) < 4.78 is 11.6. The number of anilines is 1. The molecule has 168 valence electrons. The van der Waals surface area contributed by atoms with Crippen LogP contribution in [0.5, 0.6) is 11.5 Å². The third-order valence-corrected chi connectivity index (χ3v) is 6.70. The van der Waals surface area contributed by atoms with Gasteiger partial charge in [0.2, 0.25) is 12.0 Å². The summed E-state index contributed by atoms with van der Waals surface area (Å²) in [5, 5.41) is 3.07. The highest BCUT2D eigenvalue weighted by Crippen LogP contribution is 2.31. The number of benzene rings is 2. The summed E-state index contributed by atoms with van der Waals surface area (Å²) in [5.41, 5.74) is 3.61. The molecule has 2 aromatic rings. The summed E-state index contributed by atoms with van der Waals surface area (Å²) in [7, 11) is 0. The van der Waals surface area contributed by atoms with E-state index in [9.17, 15) is 9.59 Å².